The molecule has 218 valence electrons. The number of amides is 1. The second kappa shape index (κ2) is 10.9. The molecular weight excluding hydrogens is 536 g/mol. The van der Waals surface area contributed by atoms with Gasteiger partial charge in [-0.3, -0.25) is 4.79 Å². The first-order valence-corrected chi connectivity index (χ1v) is 15.2. The lowest BCUT2D eigenvalue weighted by Crippen LogP contribution is -2.42. The number of ether oxygens (including phenoxy) is 1. The Balaban J connectivity index is 1.39. The standard InChI is InChI=1S/C35H36N6O2/c1-39-33-29(15-26(17-31(33)43-2)35(42)40-14-6-7-23(18-36)20-40)38-34(39)30-16-24-9-5-11-28(27-10-4-3-8-25(27)19-37)32(24)41(30)21-22-12-13-22/h3-5,8-11,15-17,22-23H,6-7,12-14,18,20-21,36H2,1-2H3/t23-/m0/s1. The molecule has 7 rings (SSSR count). The van der Waals surface area contributed by atoms with Gasteiger partial charge in [0, 0.05) is 48.8 Å². The molecule has 2 N–H and O–H groups in total. The van der Waals surface area contributed by atoms with E-state index in [1.807, 2.05) is 48.3 Å². The number of likely N-dealkylation sites (tertiary alicyclic amines) is 1. The van der Waals surface area contributed by atoms with Crippen LogP contribution in [0.5, 0.6) is 5.75 Å². The highest BCUT2D eigenvalue weighted by Gasteiger charge is 2.29. The van der Waals surface area contributed by atoms with E-state index in [4.69, 9.17) is 15.5 Å². The minimum atomic E-state index is -0.00537. The van der Waals surface area contributed by atoms with E-state index in [2.05, 4.69) is 39.5 Å². The summed E-state index contributed by atoms with van der Waals surface area (Å²) in [5.41, 5.74) is 12.9. The molecule has 5 aromatic rings. The lowest BCUT2D eigenvalue weighted by molar-refractivity contribution is 0.0678. The number of para-hydroxylation sites is 1. The Labute approximate surface area is 251 Å². The minimum Gasteiger partial charge on any atom is -0.494 e. The molecule has 2 aliphatic rings. The van der Waals surface area contributed by atoms with Gasteiger partial charge in [0.05, 0.1) is 35.5 Å². The number of rotatable bonds is 7. The van der Waals surface area contributed by atoms with Crippen LogP contribution in [0.2, 0.25) is 0 Å². The van der Waals surface area contributed by atoms with E-state index in [0.717, 1.165) is 70.5 Å². The van der Waals surface area contributed by atoms with Gasteiger partial charge >= 0.3 is 0 Å². The number of carbonyl (C=O) groups is 1. The maximum absolute atomic E-state index is 13.6. The first-order valence-electron chi connectivity index (χ1n) is 15.2. The van der Waals surface area contributed by atoms with Crippen LogP contribution in [-0.4, -0.2) is 51.7 Å². The summed E-state index contributed by atoms with van der Waals surface area (Å²) >= 11 is 0. The van der Waals surface area contributed by atoms with E-state index in [9.17, 15) is 10.1 Å². The number of piperidine rings is 1. The third-order valence-corrected chi connectivity index (χ3v) is 9.17. The van der Waals surface area contributed by atoms with Crippen molar-refractivity contribution in [2.45, 2.75) is 32.2 Å². The lowest BCUT2D eigenvalue weighted by atomic mass is 9.97. The van der Waals surface area contributed by atoms with Crippen molar-refractivity contribution in [2.24, 2.45) is 24.6 Å². The molecule has 0 bridgehead atoms. The van der Waals surface area contributed by atoms with Crippen LogP contribution in [0.1, 0.15) is 41.6 Å². The lowest BCUT2D eigenvalue weighted by Gasteiger charge is -2.32. The van der Waals surface area contributed by atoms with Gasteiger partial charge in [0.1, 0.15) is 11.3 Å². The predicted molar refractivity (Wildman–Crippen MR) is 169 cm³/mol. The number of hydrogen-bond donors (Lipinski definition) is 1. The second-order valence-corrected chi connectivity index (χ2v) is 12.0. The second-order valence-electron chi connectivity index (χ2n) is 12.0. The zero-order valence-corrected chi connectivity index (χ0v) is 24.7. The SMILES string of the molecule is COc1cc(C(=O)N2CCC[C@@H](CN)C2)cc2nc(-c3cc4cccc(-c5ccccc5C#N)c4n3CC3CC3)n(C)c12. The Bertz CT molecular complexity index is 1910. The average Bonchev–Trinajstić information content (AvgIpc) is 3.72. The number of methoxy groups -OCH3 is 1. The fraction of sp³-hybridized carbons (Fsp3) is 0.343. The molecule has 1 saturated carbocycles. The summed E-state index contributed by atoms with van der Waals surface area (Å²) in [6.07, 6.45) is 4.44. The maximum atomic E-state index is 13.6. The van der Waals surface area contributed by atoms with Crippen LogP contribution in [0.4, 0.5) is 0 Å². The molecule has 0 radical (unpaired) electrons. The van der Waals surface area contributed by atoms with Crippen LogP contribution < -0.4 is 10.5 Å². The Morgan fingerprint density at radius 3 is 2.63 bits per heavy atom. The number of benzene rings is 3. The molecule has 0 unspecified atom stereocenters. The molecule has 1 amide bonds. The number of carbonyl (C=O) groups excluding carboxylic acids is 1. The van der Waals surface area contributed by atoms with Gasteiger partial charge in [-0.1, -0.05) is 36.4 Å². The van der Waals surface area contributed by atoms with E-state index in [1.54, 1.807) is 7.11 Å². The molecule has 2 aromatic heterocycles. The Morgan fingerprint density at radius 2 is 1.86 bits per heavy atom. The summed E-state index contributed by atoms with van der Waals surface area (Å²) in [6, 6.07) is 22.4. The highest BCUT2D eigenvalue weighted by molar-refractivity contribution is 6.01. The quantitative estimate of drug-likeness (QED) is 0.259. The zero-order chi connectivity index (χ0) is 29.7. The number of aryl methyl sites for hydroxylation is 1. The maximum Gasteiger partial charge on any atom is 0.254 e. The van der Waals surface area contributed by atoms with Gasteiger partial charge in [-0.25, -0.2) is 4.98 Å². The first kappa shape index (κ1) is 27.2. The summed E-state index contributed by atoms with van der Waals surface area (Å²) in [5.74, 6) is 2.39. The van der Waals surface area contributed by atoms with Gasteiger partial charge in [-0.15, -0.1) is 0 Å². The normalized spacial score (nSPS) is 17.0. The zero-order valence-electron chi connectivity index (χ0n) is 24.7. The van der Waals surface area contributed by atoms with E-state index in [1.165, 1.54) is 12.8 Å². The fourth-order valence-corrected chi connectivity index (χ4v) is 6.73. The smallest absolute Gasteiger partial charge is 0.254 e. The molecule has 3 aromatic carbocycles. The van der Waals surface area contributed by atoms with E-state index in [-0.39, 0.29) is 5.91 Å². The van der Waals surface area contributed by atoms with Crippen molar-refractivity contribution < 1.29 is 9.53 Å². The average molecular weight is 573 g/mol. The van der Waals surface area contributed by atoms with Crippen LogP contribution in [0.15, 0.2) is 60.7 Å². The topological polar surface area (TPSA) is 102 Å². The van der Waals surface area contributed by atoms with Crippen LogP contribution in [0.25, 0.3) is 44.6 Å². The number of nitriles is 1. The summed E-state index contributed by atoms with van der Waals surface area (Å²) in [6.45, 7) is 2.89. The van der Waals surface area contributed by atoms with E-state index in [0.29, 0.717) is 41.8 Å². The highest BCUT2D eigenvalue weighted by atomic mass is 16.5. The van der Waals surface area contributed by atoms with Crippen LogP contribution in [0.3, 0.4) is 0 Å². The molecule has 8 heteroatoms. The number of nitrogens with zero attached hydrogens (tertiary/aromatic N) is 5. The number of nitrogens with two attached hydrogens (primary N) is 1. The third kappa shape index (κ3) is 4.74. The largest absolute Gasteiger partial charge is 0.494 e. The summed E-state index contributed by atoms with van der Waals surface area (Å²) < 4.78 is 10.3. The molecule has 43 heavy (non-hydrogen) atoms. The number of imidazole rings is 1. The highest BCUT2D eigenvalue weighted by Crippen LogP contribution is 2.41. The van der Waals surface area contributed by atoms with Gasteiger partial charge in [0.2, 0.25) is 0 Å². The summed E-state index contributed by atoms with van der Waals surface area (Å²) in [5, 5.41) is 11.0. The summed E-state index contributed by atoms with van der Waals surface area (Å²) in [4.78, 5) is 20.7. The third-order valence-electron chi connectivity index (χ3n) is 9.17. The molecule has 1 aliphatic heterocycles. The Kier molecular flexibility index (Phi) is 6.91. The molecular formula is C35H36N6O2. The van der Waals surface area contributed by atoms with E-state index >= 15 is 0 Å². The van der Waals surface area contributed by atoms with Crippen molar-refractivity contribution in [3.8, 4) is 34.5 Å². The Morgan fingerprint density at radius 1 is 1.05 bits per heavy atom. The number of fused-ring (bicyclic) bond motifs is 2. The molecule has 1 atom stereocenters. The number of aromatic nitrogens is 3. The van der Waals surface area contributed by atoms with Crippen molar-refractivity contribution in [3.05, 3.63) is 71.8 Å². The van der Waals surface area contributed by atoms with E-state index < -0.39 is 0 Å². The van der Waals surface area contributed by atoms with Gasteiger partial charge in [0.15, 0.2) is 5.82 Å². The molecule has 1 saturated heterocycles. The van der Waals surface area contributed by atoms with Crippen molar-refractivity contribution >= 4 is 27.8 Å². The van der Waals surface area contributed by atoms with Gasteiger partial charge in [-0.2, -0.15) is 5.26 Å². The number of hydrogen-bond acceptors (Lipinski definition) is 5. The van der Waals surface area contributed by atoms with Crippen LogP contribution in [0, 0.1) is 23.2 Å². The van der Waals surface area contributed by atoms with Crippen molar-refractivity contribution in [1.29, 1.82) is 5.26 Å². The van der Waals surface area contributed by atoms with Crippen molar-refractivity contribution in [3.63, 3.8) is 0 Å². The molecule has 2 fully saturated rings. The monoisotopic (exact) mass is 572 g/mol. The predicted octanol–water partition coefficient (Wildman–Crippen LogP) is 5.96. The first-order chi connectivity index (χ1) is 21.0. The fourth-order valence-electron chi connectivity index (χ4n) is 6.73. The van der Waals surface area contributed by atoms with Crippen LogP contribution >= 0.6 is 0 Å². The van der Waals surface area contributed by atoms with Gasteiger partial charge < -0.3 is 24.5 Å². The minimum absolute atomic E-state index is 0.00537. The summed E-state index contributed by atoms with van der Waals surface area (Å²) in [7, 11) is 3.65. The van der Waals surface area contributed by atoms with Crippen LogP contribution in [-0.2, 0) is 13.6 Å². The van der Waals surface area contributed by atoms with Crippen molar-refractivity contribution in [2.75, 3.05) is 26.7 Å². The molecule has 3 heterocycles. The molecule has 0 spiro atoms. The van der Waals surface area contributed by atoms with Crippen molar-refractivity contribution in [1.82, 2.24) is 19.0 Å². The molecule has 8 nitrogen and oxygen atoms in total. The molecule has 1 aliphatic carbocycles. The van der Waals surface area contributed by atoms with Gasteiger partial charge in [-0.05, 0) is 68.3 Å². The van der Waals surface area contributed by atoms with Gasteiger partial charge in [0.25, 0.3) is 5.91 Å². The Hall–Kier alpha value is -4.61.